The Balaban J connectivity index is 1.32. The van der Waals surface area contributed by atoms with Gasteiger partial charge in [-0.25, -0.2) is 4.98 Å². The van der Waals surface area contributed by atoms with Gasteiger partial charge in [0.2, 0.25) is 5.91 Å². The third-order valence-corrected chi connectivity index (χ3v) is 4.84. The number of nitrogens with zero attached hydrogens (tertiary/aromatic N) is 4. The van der Waals surface area contributed by atoms with Gasteiger partial charge in [-0.3, -0.25) is 9.59 Å². The van der Waals surface area contributed by atoms with Crippen LogP contribution >= 0.6 is 0 Å². The van der Waals surface area contributed by atoms with Gasteiger partial charge in [0.15, 0.2) is 5.82 Å². The lowest BCUT2D eigenvalue weighted by Gasteiger charge is -2.16. The quantitative estimate of drug-likeness (QED) is 0.480. The van der Waals surface area contributed by atoms with Crippen LogP contribution in [-0.4, -0.2) is 44.8 Å². The van der Waals surface area contributed by atoms with Gasteiger partial charge in [0.05, 0.1) is 12.2 Å². The second-order valence-electron chi connectivity index (χ2n) is 7.50. The number of aromatic nitrogens is 3. The molecular formula is C23H23N5O4. The van der Waals surface area contributed by atoms with Crippen molar-refractivity contribution in [1.29, 1.82) is 0 Å². The van der Waals surface area contributed by atoms with Gasteiger partial charge in [-0.2, -0.15) is 0 Å². The number of nitrogens with one attached hydrogen (secondary N) is 1. The van der Waals surface area contributed by atoms with E-state index in [0.29, 0.717) is 29.5 Å². The maximum atomic E-state index is 12.6. The number of ether oxygens (including phenoxy) is 1. The Kier molecular flexibility index (Phi) is 5.89. The highest BCUT2D eigenvalue weighted by Gasteiger charge is 2.16. The first-order chi connectivity index (χ1) is 15.4. The van der Waals surface area contributed by atoms with E-state index in [9.17, 15) is 9.59 Å². The van der Waals surface area contributed by atoms with E-state index >= 15 is 0 Å². The van der Waals surface area contributed by atoms with Crippen molar-refractivity contribution < 1.29 is 18.8 Å². The van der Waals surface area contributed by atoms with Crippen molar-refractivity contribution in [2.24, 2.45) is 0 Å². The number of aryl methyl sites for hydroxylation is 2. The van der Waals surface area contributed by atoms with E-state index in [0.717, 1.165) is 16.9 Å². The Morgan fingerprint density at radius 2 is 1.97 bits per heavy atom. The summed E-state index contributed by atoms with van der Waals surface area (Å²) in [6, 6.07) is 12.4. The van der Waals surface area contributed by atoms with Crippen LogP contribution in [-0.2, 0) is 11.4 Å². The van der Waals surface area contributed by atoms with Gasteiger partial charge in [-0.05, 0) is 49.7 Å². The first-order valence-electron chi connectivity index (χ1n) is 10.0. The van der Waals surface area contributed by atoms with Crippen molar-refractivity contribution in [3.63, 3.8) is 0 Å². The van der Waals surface area contributed by atoms with Crippen LogP contribution in [0.3, 0.4) is 0 Å². The number of imidazole rings is 1. The molecule has 0 bridgehead atoms. The Morgan fingerprint density at radius 3 is 2.66 bits per heavy atom. The topological polar surface area (TPSA) is 102 Å². The maximum absolute atomic E-state index is 12.6. The zero-order valence-corrected chi connectivity index (χ0v) is 18.0. The van der Waals surface area contributed by atoms with E-state index < -0.39 is 0 Å². The van der Waals surface area contributed by atoms with Gasteiger partial charge < -0.3 is 23.9 Å². The minimum absolute atomic E-state index is 0.115. The molecule has 9 nitrogen and oxygen atoms in total. The molecule has 2 amide bonds. The Hall–Kier alpha value is -4.14. The maximum Gasteiger partial charge on any atom is 0.254 e. The molecule has 0 aliphatic heterocycles. The number of amides is 2. The van der Waals surface area contributed by atoms with Crippen molar-refractivity contribution >= 4 is 23.3 Å². The number of anilines is 1. The van der Waals surface area contributed by atoms with E-state index in [1.54, 1.807) is 44.3 Å². The molecule has 1 N–H and O–H groups in total. The molecule has 32 heavy (non-hydrogen) atoms. The minimum atomic E-state index is -0.364. The van der Waals surface area contributed by atoms with Crippen molar-refractivity contribution in [3.8, 4) is 5.75 Å². The van der Waals surface area contributed by atoms with Crippen LogP contribution in [0.25, 0.3) is 5.65 Å². The van der Waals surface area contributed by atoms with Gasteiger partial charge in [0.1, 0.15) is 23.8 Å². The fraction of sp³-hybridized carbons (Fsp3) is 0.217. The summed E-state index contributed by atoms with van der Waals surface area (Å²) < 4.78 is 12.7. The van der Waals surface area contributed by atoms with E-state index in [1.807, 2.05) is 35.9 Å². The zero-order valence-electron chi connectivity index (χ0n) is 18.0. The van der Waals surface area contributed by atoms with Crippen molar-refractivity contribution in [3.05, 3.63) is 77.4 Å². The van der Waals surface area contributed by atoms with Crippen LogP contribution in [0.1, 0.15) is 27.4 Å². The van der Waals surface area contributed by atoms with Crippen LogP contribution < -0.4 is 10.1 Å². The molecule has 0 aliphatic carbocycles. The average Bonchev–Trinajstić information content (AvgIpc) is 3.38. The van der Waals surface area contributed by atoms with Crippen LogP contribution in [0.2, 0.25) is 0 Å². The number of carbonyl (C=O) groups is 2. The monoisotopic (exact) mass is 433 g/mol. The first-order valence-corrected chi connectivity index (χ1v) is 10.0. The molecular weight excluding hydrogens is 410 g/mol. The second-order valence-corrected chi connectivity index (χ2v) is 7.50. The highest BCUT2D eigenvalue weighted by Crippen LogP contribution is 2.16. The molecule has 0 saturated heterocycles. The SMILES string of the molecule is Cc1cc(NC(=O)CN(C)C(=O)c2ccc(OCc3cn4cccc(C)c4n3)cc2)no1. The van der Waals surface area contributed by atoms with E-state index in [4.69, 9.17) is 9.26 Å². The Bertz CT molecular complexity index is 1260. The van der Waals surface area contributed by atoms with Gasteiger partial charge >= 0.3 is 0 Å². The van der Waals surface area contributed by atoms with E-state index in [-0.39, 0.29) is 18.4 Å². The lowest BCUT2D eigenvalue weighted by molar-refractivity contribution is -0.116. The molecule has 4 rings (SSSR count). The first kappa shape index (κ1) is 21.1. The van der Waals surface area contributed by atoms with E-state index in [1.165, 1.54) is 4.90 Å². The smallest absolute Gasteiger partial charge is 0.254 e. The summed E-state index contributed by atoms with van der Waals surface area (Å²) in [5, 5.41) is 6.29. The van der Waals surface area contributed by atoms with Gasteiger partial charge in [-0.1, -0.05) is 11.2 Å². The number of hydrogen-bond donors (Lipinski definition) is 1. The molecule has 1 aromatic carbocycles. The highest BCUT2D eigenvalue weighted by atomic mass is 16.5. The predicted octanol–water partition coefficient (Wildman–Crippen LogP) is 3.23. The lowest BCUT2D eigenvalue weighted by atomic mass is 10.2. The van der Waals surface area contributed by atoms with Crippen molar-refractivity contribution in [2.75, 3.05) is 18.9 Å². The number of rotatable bonds is 7. The number of hydrogen-bond acceptors (Lipinski definition) is 6. The largest absolute Gasteiger partial charge is 0.487 e. The molecule has 0 atom stereocenters. The van der Waals surface area contributed by atoms with Gasteiger partial charge in [-0.15, -0.1) is 0 Å². The molecule has 0 radical (unpaired) electrons. The summed E-state index contributed by atoms with van der Waals surface area (Å²) >= 11 is 0. The van der Waals surface area contributed by atoms with Crippen LogP contribution in [0.4, 0.5) is 5.82 Å². The number of benzene rings is 1. The van der Waals surface area contributed by atoms with Gasteiger partial charge in [0, 0.05) is 31.1 Å². The van der Waals surface area contributed by atoms with Crippen molar-refractivity contribution in [2.45, 2.75) is 20.5 Å². The molecule has 0 saturated carbocycles. The molecule has 0 spiro atoms. The Labute approximate surface area is 184 Å². The second kappa shape index (κ2) is 8.93. The fourth-order valence-corrected chi connectivity index (χ4v) is 3.24. The summed E-state index contributed by atoms with van der Waals surface area (Å²) in [6.45, 7) is 3.94. The lowest BCUT2D eigenvalue weighted by Crippen LogP contribution is -2.34. The highest BCUT2D eigenvalue weighted by molar-refractivity contribution is 5.98. The van der Waals surface area contributed by atoms with Crippen LogP contribution in [0, 0.1) is 13.8 Å². The molecule has 164 valence electrons. The van der Waals surface area contributed by atoms with Crippen LogP contribution in [0.15, 0.2) is 59.4 Å². The molecule has 3 aromatic heterocycles. The predicted molar refractivity (Wildman–Crippen MR) is 118 cm³/mol. The average molecular weight is 433 g/mol. The third kappa shape index (κ3) is 4.77. The molecule has 3 heterocycles. The zero-order chi connectivity index (χ0) is 22.7. The third-order valence-electron chi connectivity index (χ3n) is 4.84. The number of pyridine rings is 1. The van der Waals surface area contributed by atoms with Crippen LogP contribution in [0.5, 0.6) is 5.75 Å². The molecule has 9 heteroatoms. The molecule has 0 aliphatic rings. The normalized spacial score (nSPS) is 10.8. The van der Waals surface area contributed by atoms with Gasteiger partial charge in [0.25, 0.3) is 5.91 Å². The molecule has 0 unspecified atom stereocenters. The van der Waals surface area contributed by atoms with Crippen molar-refractivity contribution in [1.82, 2.24) is 19.4 Å². The summed E-state index contributed by atoms with van der Waals surface area (Å²) in [4.78, 5) is 30.6. The summed E-state index contributed by atoms with van der Waals surface area (Å²) in [5.41, 5.74) is 3.26. The standard InChI is InChI=1S/C23H23N5O4/c1-15-5-4-10-28-12-18(24-22(15)28)14-31-19-8-6-17(7-9-19)23(30)27(3)13-21(29)25-20-11-16(2)32-26-20/h4-12H,13-14H2,1-3H3,(H,25,26,29). The number of carbonyl (C=O) groups excluding carboxylic acids is 2. The number of fused-ring (bicyclic) bond motifs is 1. The minimum Gasteiger partial charge on any atom is -0.487 e. The fourth-order valence-electron chi connectivity index (χ4n) is 3.24. The number of likely N-dealkylation sites (N-methyl/N-ethyl adjacent to an activating group) is 1. The Morgan fingerprint density at radius 1 is 1.19 bits per heavy atom. The summed E-state index contributed by atoms with van der Waals surface area (Å²) in [5.74, 6) is 0.881. The summed E-state index contributed by atoms with van der Waals surface area (Å²) in [6.07, 6.45) is 3.88. The summed E-state index contributed by atoms with van der Waals surface area (Å²) in [7, 11) is 1.56. The molecule has 4 aromatic rings. The van der Waals surface area contributed by atoms with E-state index in [2.05, 4.69) is 15.5 Å². The molecule has 0 fully saturated rings.